The van der Waals surface area contributed by atoms with E-state index in [2.05, 4.69) is 13.8 Å². The van der Waals surface area contributed by atoms with Crippen LogP contribution in [0.2, 0.25) is 0 Å². The molecule has 1 nitrogen and oxygen atoms in total. The van der Waals surface area contributed by atoms with Gasteiger partial charge in [0.2, 0.25) is 5.82 Å². The number of rotatable bonds is 7. The highest BCUT2D eigenvalue weighted by molar-refractivity contribution is 5.25. The van der Waals surface area contributed by atoms with Crippen LogP contribution in [0.4, 0.5) is 8.78 Å². The normalized spacial score (nSPS) is 30.1. The van der Waals surface area contributed by atoms with Gasteiger partial charge in [-0.3, -0.25) is 0 Å². The highest BCUT2D eigenvalue weighted by Gasteiger charge is 2.33. The van der Waals surface area contributed by atoms with Gasteiger partial charge in [0.15, 0.2) is 11.6 Å². The maximum Gasteiger partial charge on any atom is 0.200 e. The summed E-state index contributed by atoms with van der Waals surface area (Å²) in [6.45, 7) is 4.39. The summed E-state index contributed by atoms with van der Waals surface area (Å²) < 4.78 is 33.3. The molecule has 0 heterocycles. The zero-order valence-corrected chi connectivity index (χ0v) is 17.1. The van der Waals surface area contributed by atoms with Crippen molar-refractivity contribution < 1.29 is 13.5 Å². The van der Waals surface area contributed by atoms with Crippen molar-refractivity contribution in [2.24, 2.45) is 23.7 Å². The SMILES string of the molecule is CCCC1CCC(C2CCC(C(CC)Oc3cccc(F)c3F)CC2)CC1. The smallest absolute Gasteiger partial charge is 0.200 e. The van der Waals surface area contributed by atoms with Crippen LogP contribution in [0.1, 0.15) is 84.5 Å². The Morgan fingerprint density at radius 2 is 1.56 bits per heavy atom. The predicted molar refractivity (Wildman–Crippen MR) is 107 cm³/mol. The predicted octanol–water partition coefficient (Wildman–Crippen LogP) is 7.54. The fourth-order valence-corrected chi connectivity index (χ4v) is 5.60. The van der Waals surface area contributed by atoms with Gasteiger partial charge in [-0.2, -0.15) is 4.39 Å². The van der Waals surface area contributed by atoms with Crippen molar-refractivity contribution >= 4 is 0 Å². The molecule has 0 N–H and O–H groups in total. The van der Waals surface area contributed by atoms with Crippen molar-refractivity contribution in [3.05, 3.63) is 29.8 Å². The summed E-state index contributed by atoms with van der Waals surface area (Å²) in [4.78, 5) is 0. The molecule has 1 atom stereocenters. The van der Waals surface area contributed by atoms with Crippen molar-refractivity contribution in [3.63, 3.8) is 0 Å². The lowest BCUT2D eigenvalue weighted by Gasteiger charge is -2.39. The van der Waals surface area contributed by atoms with Gasteiger partial charge in [0.25, 0.3) is 0 Å². The Morgan fingerprint density at radius 1 is 0.926 bits per heavy atom. The molecular formula is C24H36F2O. The molecule has 0 spiro atoms. The van der Waals surface area contributed by atoms with E-state index in [1.54, 1.807) is 6.07 Å². The summed E-state index contributed by atoms with van der Waals surface area (Å²) in [7, 11) is 0. The molecule has 27 heavy (non-hydrogen) atoms. The fraction of sp³-hybridized carbons (Fsp3) is 0.750. The third-order valence-corrected chi connectivity index (χ3v) is 7.19. The maximum atomic E-state index is 14.0. The highest BCUT2D eigenvalue weighted by atomic mass is 19.2. The molecule has 0 aliphatic heterocycles. The van der Waals surface area contributed by atoms with Gasteiger partial charge in [0.05, 0.1) is 0 Å². The maximum absolute atomic E-state index is 14.0. The van der Waals surface area contributed by atoms with Crippen LogP contribution in [0.15, 0.2) is 18.2 Å². The molecule has 0 saturated heterocycles. The average Bonchev–Trinajstić information content (AvgIpc) is 2.70. The molecule has 2 saturated carbocycles. The van der Waals surface area contributed by atoms with Gasteiger partial charge in [-0.05, 0) is 80.8 Å². The Bertz CT molecular complexity index is 572. The summed E-state index contributed by atoms with van der Waals surface area (Å²) in [6.07, 6.45) is 14.1. The largest absolute Gasteiger partial charge is 0.487 e. The van der Waals surface area contributed by atoms with Crippen LogP contribution >= 0.6 is 0 Å². The van der Waals surface area contributed by atoms with E-state index in [0.717, 1.165) is 43.1 Å². The lowest BCUT2D eigenvalue weighted by atomic mass is 9.68. The standard InChI is InChI=1S/C24H36F2O/c1-3-6-17-9-11-18(12-10-17)19-13-15-20(16-14-19)22(4-2)27-23-8-5-7-21(25)24(23)26/h5,7-8,17-20,22H,3-4,6,9-16H2,1-2H3. The van der Waals surface area contributed by atoms with Gasteiger partial charge in [0, 0.05) is 0 Å². The van der Waals surface area contributed by atoms with Crippen LogP contribution in [0.25, 0.3) is 0 Å². The van der Waals surface area contributed by atoms with Crippen LogP contribution in [-0.4, -0.2) is 6.10 Å². The fourth-order valence-electron chi connectivity index (χ4n) is 5.60. The summed E-state index contributed by atoms with van der Waals surface area (Å²) in [6, 6.07) is 4.21. The third-order valence-electron chi connectivity index (χ3n) is 7.19. The first-order valence-corrected chi connectivity index (χ1v) is 11.2. The summed E-state index contributed by atoms with van der Waals surface area (Å²) in [5, 5.41) is 0. The second-order valence-corrected chi connectivity index (χ2v) is 8.86. The minimum atomic E-state index is -0.853. The Balaban J connectivity index is 1.49. The van der Waals surface area contributed by atoms with Crippen LogP contribution in [0, 0.1) is 35.3 Å². The van der Waals surface area contributed by atoms with Gasteiger partial charge in [-0.25, -0.2) is 4.39 Å². The van der Waals surface area contributed by atoms with E-state index in [4.69, 9.17) is 4.74 Å². The first-order valence-electron chi connectivity index (χ1n) is 11.2. The Labute approximate surface area is 163 Å². The number of benzene rings is 1. The minimum Gasteiger partial charge on any atom is -0.487 e. The lowest BCUT2D eigenvalue weighted by Crippen LogP contribution is -2.33. The third kappa shape index (κ3) is 5.23. The molecule has 2 aliphatic rings. The molecule has 0 bridgehead atoms. The van der Waals surface area contributed by atoms with Gasteiger partial charge in [-0.1, -0.05) is 45.6 Å². The molecule has 2 aliphatic carbocycles. The monoisotopic (exact) mass is 378 g/mol. The highest BCUT2D eigenvalue weighted by Crippen LogP contribution is 2.43. The summed E-state index contributed by atoms with van der Waals surface area (Å²) >= 11 is 0. The van der Waals surface area contributed by atoms with Crippen LogP contribution in [0.3, 0.4) is 0 Å². The number of hydrogen-bond donors (Lipinski definition) is 0. The van der Waals surface area contributed by atoms with Gasteiger partial charge in [-0.15, -0.1) is 0 Å². The molecule has 1 aromatic rings. The van der Waals surface area contributed by atoms with E-state index in [9.17, 15) is 8.78 Å². The molecule has 2 fully saturated rings. The second kappa shape index (κ2) is 9.89. The molecule has 0 amide bonds. The molecule has 0 aromatic heterocycles. The molecule has 3 rings (SSSR count). The van der Waals surface area contributed by atoms with Crippen molar-refractivity contribution in [2.75, 3.05) is 0 Å². The molecule has 1 unspecified atom stereocenters. The topological polar surface area (TPSA) is 9.23 Å². The Kier molecular flexibility index (Phi) is 7.55. The number of ether oxygens (including phenoxy) is 1. The second-order valence-electron chi connectivity index (χ2n) is 8.86. The number of hydrogen-bond acceptors (Lipinski definition) is 1. The molecule has 1 aromatic carbocycles. The summed E-state index contributed by atoms with van der Waals surface area (Å²) in [5.41, 5.74) is 0. The Morgan fingerprint density at radius 3 is 2.15 bits per heavy atom. The van der Waals surface area contributed by atoms with Crippen molar-refractivity contribution in [1.29, 1.82) is 0 Å². The molecule has 3 heteroatoms. The zero-order chi connectivity index (χ0) is 19.2. The minimum absolute atomic E-state index is 0.0115. The van der Waals surface area contributed by atoms with E-state index in [-0.39, 0.29) is 11.9 Å². The van der Waals surface area contributed by atoms with E-state index in [1.807, 2.05) is 0 Å². The van der Waals surface area contributed by atoms with Gasteiger partial charge in [0.1, 0.15) is 6.10 Å². The van der Waals surface area contributed by atoms with Gasteiger partial charge >= 0.3 is 0 Å². The van der Waals surface area contributed by atoms with E-state index in [1.165, 1.54) is 57.4 Å². The van der Waals surface area contributed by atoms with Crippen LogP contribution < -0.4 is 4.74 Å². The van der Waals surface area contributed by atoms with E-state index in [0.29, 0.717) is 5.92 Å². The molecular weight excluding hydrogens is 342 g/mol. The van der Waals surface area contributed by atoms with Crippen LogP contribution in [-0.2, 0) is 0 Å². The van der Waals surface area contributed by atoms with E-state index >= 15 is 0 Å². The first-order chi connectivity index (χ1) is 13.1. The Hall–Kier alpha value is -1.12. The number of halogens is 2. The van der Waals surface area contributed by atoms with Crippen molar-refractivity contribution in [1.82, 2.24) is 0 Å². The molecule has 152 valence electrons. The van der Waals surface area contributed by atoms with Crippen molar-refractivity contribution in [3.8, 4) is 5.75 Å². The first kappa shape index (κ1) is 20.6. The lowest BCUT2D eigenvalue weighted by molar-refractivity contribution is 0.0673. The van der Waals surface area contributed by atoms with Gasteiger partial charge < -0.3 is 4.74 Å². The zero-order valence-electron chi connectivity index (χ0n) is 17.1. The summed E-state index contributed by atoms with van der Waals surface area (Å²) in [5.74, 6) is 1.61. The average molecular weight is 379 g/mol. The van der Waals surface area contributed by atoms with E-state index < -0.39 is 11.6 Å². The van der Waals surface area contributed by atoms with Crippen molar-refractivity contribution in [2.45, 2.75) is 90.6 Å². The molecule has 0 radical (unpaired) electrons. The van der Waals surface area contributed by atoms with Crippen LogP contribution in [0.5, 0.6) is 5.75 Å². The quantitative estimate of drug-likeness (QED) is 0.476.